The van der Waals surface area contributed by atoms with Crippen molar-refractivity contribution in [1.82, 2.24) is 9.62 Å². The molecule has 1 heterocycles. The van der Waals surface area contributed by atoms with E-state index in [1.807, 2.05) is 39.0 Å². The number of sulfonamides is 1. The second kappa shape index (κ2) is 9.37. The van der Waals surface area contributed by atoms with E-state index in [2.05, 4.69) is 10.2 Å². The molecule has 2 aromatic carbocycles. The van der Waals surface area contributed by atoms with Crippen LogP contribution in [0.5, 0.6) is 0 Å². The highest BCUT2D eigenvalue weighted by atomic mass is 35.5. The van der Waals surface area contributed by atoms with Crippen molar-refractivity contribution in [3.8, 4) is 0 Å². The number of nitrogens with zero attached hydrogens (tertiary/aromatic N) is 2. The summed E-state index contributed by atoms with van der Waals surface area (Å²) in [7, 11) is -3.68. The molecule has 1 aliphatic heterocycles. The van der Waals surface area contributed by atoms with Crippen LogP contribution in [0, 0.1) is 13.8 Å². The first kappa shape index (κ1) is 22.6. The third kappa shape index (κ3) is 4.79. The molecule has 3 rings (SSSR count). The number of carbonyl (C=O) groups excluding carboxylic acids is 1. The number of halogens is 1. The number of rotatable bonds is 6. The van der Waals surface area contributed by atoms with Gasteiger partial charge in [-0.05, 0) is 55.7 Å². The number of anilines is 1. The molecule has 1 fully saturated rings. The van der Waals surface area contributed by atoms with E-state index in [9.17, 15) is 13.2 Å². The Bertz CT molecular complexity index is 1030. The van der Waals surface area contributed by atoms with Gasteiger partial charge >= 0.3 is 0 Å². The second-order valence-electron chi connectivity index (χ2n) is 7.55. The molecular weight excluding hydrogens is 422 g/mol. The van der Waals surface area contributed by atoms with Crippen LogP contribution in [-0.2, 0) is 10.0 Å². The van der Waals surface area contributed by atoms with Gasteiger partial charge in [0.2, 0.25) is 10.0 Å². The molecule has 1 aliphatic rings. The molecule has 0 bridgehead atoms. The van der Waals surface area contributed by atoms with Gasteiger partial charge in [0.25, 0.3) is 5.91 Å². The number of hydrogen-bond donors (Lipinski definition) is 1. The van der Waals surface area contributed by atoms with Crippen LogP contribution in [0.3, 0.4) is 0 Å². The molecule has 0 spiro atoms. The third-order valence-electron chi connectivity index (χ3n) is 5.38. The van der Waals surface area contributed by atoms with Gasteiger partial charge in [0, 0.05) is 49.0 Å². The van der Waals surface area contributed by atoms with Gasteiger partial charge in [-0.3, -0.25) is 4.79 Å². The summed E-state index contributed by atoms with van der Waals surface area (Å²) < 4.78 is 27.9. The summed E-state index contributed by atoms with van der Waals surface area (Å²) in [5.74, 6) is -0.243. The molecule has 0 atom stereocenters. The molecular formula is C22H28ClN3O3S. The summed E-state index contributed by atoms with van der Waals surface area (Å²) in [6.45, 7) is 8.26. The van der Waals surface area contributed by atoms with Crippen molar-refractivity contribution in [3.63, 3.8) is 0 Å². The van der Waals surface area contributed by atoms with Crippen LogP contribution < -0.4 is 10.2 Å². The van der Waals surface area contributed by atoms with Crippen LogP contribution in [0.2, 0.25) is 5.02 Å². The summed E-state index contributed by atoms with van der Waals surface area (Å²) in [6, 6.07) is 10.5. The van der Waals surface area contributed by atoms with Crippen molar-refractivity contribution < 1.29 is 13.2 Å². The fraction of sp³-hybridized carbons (Fsp3) is 0.409. The Morgan fingerprint density at radius 1 is 1.03 bits per heavy atom. The SMILES string of the molecule is CCCNC(=O)c1cc(S(=O)(=O)N2CCN(c3cc(Cl)ccc3C)CC2)ccc1C. The van der Waals surface area contributed by atoms with E-state index in [1.54, 1.807) is 12.1 Å². The predicted molar refractivity (Wildman–Crippen MR) is 121 cm³/mol. The number of benzene rings is 2. The van der Waals surface area contributed by atoms with Crippen LogP contribution in [0.1, 0.15) is 34.8 Å². The lowest BCUT2D eigenvalue weighted by Gasteiger charge is -2.36. The van der Waals surface area contributed by atoms with Gasteiger partial charge in [-0.25, -0.2) is 8.42 Å². The van der Waals surface area contributed by atoms with E-state index in [1.165, 1.54) is 10.4 Å². The molecule has 162 valence electrons. The number of hydrogen-bond acceptors (Lipinski definition) is 4. The van der Waals surface area contributed by atoms with Crippen molar-refractivity contribution in [1.29, 1.82) is 0 Å². The highest BCUT2D eigenvalue weighted by molar-refractivity contribution is 7.89. The van der Waals surface area contributed by atoms with Crippen LogP contribution >= 0.6 is 11.6 Å². The highest BCUT2D eigenvalue weighted by Gasteiger charge is 2.29. The Labute approximate surface area is 183 Å². The summed E-state index contributed by atoms with van der Waals surface area (Å²) in [6.07, 6.45) is 0.819. The number of nitrogens with one attached hydrogen (secondary N) is 1. The van der Waals surface area contributed by atoms with Crippen molar-refractivity contribution in [2.45, 2.75) is 32.1 Å². The van der Waals surface area contributed by atoms with E-state index in [4.69, 9.17) is 11.6 Å². The van der Waals surface area contributed by atoms with Crippen LogP contribution in [-0.4, -0.2) is 51.4 Å². The Morgan fingerprint density at radius 2 is 1.70 bits per heavy atom. The number of carbonyl (C=O) groups is 1. The van der Waals surface area contributed by atoms with E-state index < -0.39 is 10.0 Å². The molecule has 1 N–H and O–H groups in total. The molecule has 30 heavy (non-hydrogen) atoms. The van der Waals surface area contributed by atoms with Gasteiger partial charge in [0.15, 0.2) is 0 Å². The summed E-state index contributed by atoms with van der Waals surface area (Å²) in [5, 5.41) is 3.48. The van der Waals surface area contributed by atoms with Crippen molar-refractivity contribution >= 4 is 33.2 Å². The molecule has 1 amide bonds. The fourth-order valence-electron chi connectivity index (χ4n) is 3.58. The topological polar surface area (TPSA) is 69.7 Å². The third-order valence-corrected chi connectivity index (χ3v) is 7.51. The lowest BCUT2D eigenvalue weighted by atomic mass is 10.1. The maximum Gasteiger partial charge on any atom is 0.251 e. The molecule has 0 saturated carbocycles. The lowest BCUT2D eigenvalue weighted by Crippen LogP contribution is -2.48. The lowest BCUT2D eigenvalue weighted by molar-refractivity contribution is 0.0953. The number of piperazine rings is 1. The minimum atomic E-state index is -3.68. The minimum absolute atomic E-state index is 0.155. The molecule has 1 saturated heterocycles. The predicted octanol–water partition coefficient (Wildman–Crippen LogP) is 3.61. The molecule has 0 aliphatic carbocycles. The molecule has 2 aromatic rings. The minimum Gasteiger partial charge on any atom is -0.369 e. The average molecular weight is 450 g/mol. The highest BCUT2D eigenvalue weighted by Crippen LogP contribution is 2.27. The van der Waals surface area contributed by atoms with Crippen LogP contribution in [0.15, 0.2) is 41.3 Å². The number of amides is 1. The van der Waals surface area contributed by atoms with Crippen molar-refractivity contribution in [2.24, 2.45) is 0 Å². The smallest absolute Gasteiger partial charge is 0.251 e. The van der Waals surface area contributed by atoms with E-state index in [0.29, 0.717) is 43.3 Å². The zero-order valence-electron chi connectivity index (χ0n) is 17.6. The van der Waals surface area contributed by atoms with Gasteiger partial charge in [-0.15, -0.1) is 0 Å². The van der Waals surface area contributed by atoms with Gasteiger partial charge in [0.1, 0.15) is 0 Å². The van der Waals surface area contributed by atoms with Gasteiger partial charge in [-0.1, -0.05) is 30.7 Å². The maximum atomic E-state index is 13.2. The standard InChI is InChI=1S/C22H28ClN3O3S/c1-4-9-24-22(27)20-15-19(8-6-16(20)2)30(28,29)26-12-10-25(11-13-26)21-14-18(23)7-5-17(21)3/h5-8,14-15H,4,9-13H2,1-3H3,(H,24,27). The zero-order chi connectivity index (χ0) is 21.9. The maximum absolute atomic E-state index is 13.2. The fourth-order valence-corrected chi connectivity index (χ4v) is 5.20. The van der Waals surface area contributed by atoms with Gasteiger partial charge in [0.05, 0.1) is 4.90 Å². The van der Waals surface area contributed by atoms with Gasteiger partial charge in [-0.2, -0.15) is 4.31 Å². The first-order valence-electron chi connectivity index (χ1n) is 10.1. The average Bonchev–Trinajstić information content (AvgIpc) is 2.74. The summed E-state index contributed by atoms with van der Waals surface area (Å²) >= 11 is 6.14. The quantitative estimate of drug-likeness (QED) is 0.731. The normalized spacial score (nSPS) is 15.3. The Morgan fingerprint density at radius 3 is 2.37 bits per heavy atom. The molecule has 0 radical (unpaired) electrons. The van der Waals surface area contributed by atoms with Gasteiger partial charge < -0.3 is 10.2 Å². The monoisotopic (exact) mass is 449 g/mol. The second-order valence-corrected chi connectivity index (χ2v) is 9.93. The first-order valence-corrected chi connectivity index (χ1v) is 12.0. The summed E-state index contributed by atoms with van der Waals surface area (Å²) in [5.41, 5.74) is 3.29. The Hall–Kier alpha value is -2.09. The molecule has 8 heteroatoms. The van der Waals surface area contributed by atoms with E-state index in [-0.39, 0.29) is 10.8 Å². The molecule has 6 nitrogen and oxygen atoms in total. The van der Waals surface area contributed by atoms with E-state index in [0.717, 1.165) is 23.2 Å². The number of aryl methyl sites for hydroxylation is 2. The molecule has 0 aromatic heterocycles. The van der Waals surface area contributed by atoms with Crippen LogP contribution in [0.4, 0.5) is 5.69 Å². The largest absolute Gasteiger partial charge is 0.369 e. The van der Waals surface area contributed by atoms with Crippen molar-refractivity contribution in [3.05, 3.63) is 58.1 Å². The first-order chi connectivity index (χ1) is 14.2. The summed E-state index contributed by atoms with van der Waals surface area (Å²) in [4.78, 5) is 14.7. The Balaban J connectivity index is 1.77. The zero-order valence-corrected chi connectivity index (χ0v) is 19.2. The van der Waals surface area contributed by atoms with E-state index >= 15 is 0 Å². The molecule has 0 unspecified atom stereocenters. The Kier molecular flexibility index (Phi) is 7.06. The van der Waals surface area contributed by atoms with Crippen molar-refractivity contribution in [2.75, 3.05) is 37.6 Å². The van der Waals surface area contributed by atoms with Crippen LogP contribution in [0.25, 0.3) is 0 Å².